The second-order valence-electron chi connectivity index (χ2n) is 6.63. The lowest BCUT2D eigenvalue weighted by Gasteiger charge is -2.14. The number of anilines is 1. The van der Waals surface area contributed by atoms with E-state index in [1.807, 2.05) is 0 Å². The van der Waals surface area contributed by atoms with Gasteiger partial charge in [-0.3, -0.25) is 14.2 Å². The maximum atomic E-state index is 12.8. The fourth-order valence-electron chi connectivity index (χ4n) is 3.54. The molecule has 1 N–H and O–H groups in total. The highest BCUT2D eigenvalue weighted by Gasteiger charge is 2.31. The Morgan fingerprint density at radius 3 is 2.81 bits per heavy atom. The standard InChI is InChI=1S/C19H19N3O4S/c1-26-18(25)11-5-7-12(8-6-11)20-16(23)9-13-10-27-19-21-15-4-2-3-14(15)17(24)22(13)19/h5-8,13H,2-4,9-10H2,1H3,(H,20,23). The van der Waals surface area contributed by atoms with Crippen molar-refractivity contribution in [2.45, 2.75) is 36.9 Å². The number of ether oxygens (including phenoxy) is 1. The fraction of sp³-hybridized carbons (Fsp3) is 0.368. The molecule has 1 aliphatic carbocycles. The van der Waals surface area contributed by atoms with Gasteiger partial charge in [-0.25, -0.2) is 9.78 Å². The van der Waals surface area contributed by atoms with Gasteiger partial charge in [-0.2, -0.15) is 0 Å². The van der Waals surface area contributed by atoms with Crippen LogP contribution in [0.5, 0.6) is 0 Å². The summed E-state index contributed by atoms with van der Waals surface area (Å²) >= 11 is 1.53. The molecule has 1 amide bonds. The number of aryl methyl sites for hydroxylation is 1. The molecule has 1 aromatic carbocycles. The molecule has 27 heavy (non-hydrogen) atoms. The van der Waals surface area contributed by atoms with Crippen LogP contribution >= 0.6 is 11.8 Å². The van der Waals surface area contributed by atoms with Gasteiger partial charge in [0.15, 0.2) is 5.16 Å². The summed E-state index contributed by atoms with van der Waals surface area (Å²) in [7, 11) is 1.32. The van der Waals surface area contributed by atoms with Crippen LogP contribution in [0.3, 0.4) is 0 Å². The maximum absolute atomic E-state index is 12.8. The number of hydrogen-bond donors (Lipinski definition) is 1. The van der Waals surface area contributed by atoms with Crippen molar-refractivity contribution in [3.8, 4) is 0 Å². The summed E-state index contributed by atoms with van der Waals surface area (Å²) < 4.78 is 6.34. The summed E-state index contributed by atoms with van der Waals surface area (Å²) in [6.07, 6.45) is 2.82. The Hall–Kier alpha value is -2.61. The smallest absolute Gasteiger partial charge is 0.337 e. The van der Waals surface area contributed by atoms with Crippen LogP contribution < -0.4 is 10.9 Å². The fourth-order valence-corrected chi connectivity index (χ4v) is 4.69. The molecule has 4 rings (SSSR count). The molecule has 0 saturated heterocycles. The zero-order chi connectivity index (χ0) is 19.0. The number of nitrogens with zero attached hydrogens (tertiary/aromatic N) is 2. The molecule has 0 spiro atoms. The van der Waals surface area contributed by atoms with E-state index in [1.165, 1.54) is 18.9 Å². The number of thioether (sulfide) groups is 1. The Balaban J connectivity index is 1.46. The zero-order valence-electron chi connectivity index (χ0n) is 14.9. The van der Waals surface area contributed by atoms with Crippen LogP contribution in [-0.2, 0) is 22.4 Å². The largest absolute Gasteiger partial charge is 0.465 e. The summed E-state index contributed by atoms with van der Waals surface area (Å²) in [6, 6.07) is 6.31. The second kappa shape index (κ2) is 7.19. The van der Waals surface area contributed by atoms with E-state index < -0.39 is 5.97 Å². The van der Waals surface area contributed by atoms with Crippen LogP contribution in [0.2, 0.25) is 0 Å². The Bertz CT molecular complexity index is 968. The van der Waals surface area contributed by atoms with E-state index in [9.17, 15) is 14.4 Å². The molecule has 0 fully saturated rings. The van der Waals surface area contributed by atoms with Gasteiger partial charge >= 0.3 is 5.97 Å². The van der Waals surface area contributed by atoms with Crippen molar-refractivity contribution in [3.63, 3.8) is 0 Å². The van der Waals surface area contributed by atoms with E-state index in [2.05, 4.69) is 15.0 Å². The Morgan fingerprint density at radius 1 is 1.30 bits per heavy atom. The van der Waals surface area contributed by atoms with Gasteiger partial charge in [0.1, 0.15) is 0 Å². The Labute approximate surface area is 160 Å². The van der Waals surface area contributed by atoms with Crippen molar-refractivity contribution in [1.29, 1.82) is 0 Å². The molecule has 1 atom stereocenters. The van der Waals surface area contributed by atoms with E-state index in [0.717, 1.165) is 35.7 Å². The van der Waals surface area contributed by atoms with Gasteiger partial charge in [-0.15, -0.1) is 0 Å². The van der Waals surface area contributed by atoms with E-state index in [0.29, 0.717) is 17.0 Å². The van der Waals surface area contributed by atoms with Gasteiger partial charge in [-0.05, 0) is 43.5 Å². The first-order chi connectivity index (χ1) is 13.1. The second-order valence-corrected chi connectivity index (χ2v) is 7.62. The number of aromatic nitrogens is 2. The highest BCUT2D eigenvalue weighted by Crippen LogP contribution is 2.34. The molecular weight excluding hydrogens is 366 g/mol. The van der Waals surface area contributed by atoms with E-state index >= 15 is 0 Å². The molecule has 1 aliphatic heterocycles. The van der Waals surface area contributed by atoms with Gasteiger partial charge in [0, 0.05) is 23.4 Å². The molecule has 2 heterocycles. The van der Waals surface area contributed by atoms with Gasteiger partial charge in [-0.1, -0.05) is 11.8 Å². The van der Waals surface area contributed by atoms with Gasteiger partial charge in [0.25, 0.3) is 5.56 Å². The molecule has 1 unspecified atom stereocenters. The minimum absolute atomic E-state index is 0.0118. The molecule has 7 nitrogen and oxygen atoms in total. The summed E-state index contributed by atoms with van der Waals surface area (Å²) in [5.41, 5.74) is 2.76. The van der Waals surface area contributed by atoms with E-state index in [1.54, 1.807) is 28.8 Å². The first-order valence-corrected chi connectivity index (χ1v) is 9.80. The SMILES string of the molecule is COC(=O)c1ccc(NC(=O)CC2CSc3nc4c(c(=O)n32)CCC4)cc1. The number of hydrogen-bond acceptors (Lipinski definition) is 6. The Kier molecular flexibility index (Phi) is 4.73. The number of esters is 1. The lowest BCUT2D eigenvalue weighted by molar-refractivity contribution is -0.116. The molecule has 8 heteroatoms. The molecule has 1 aromatic heterocycles. The van der Waals surface area contributed by atoms with Crippen molar-refractivity contribution < 1.29 is 14.3 Å². The number of carbonyl (C=O) groups is 2. The third-order valence-corrected chi connectivity index (χ3v) is 5.98. The van der Waals surface area contributed by atoms with Crippen molar-refractivity contribution in [3.05, 3.63) is 51.4 Å². The molecular formula is C19H19N3O4S. The number of fused-ring (bicyclic) bond motifs is 2. The number of carbonyl (C=O) groups excluding carboxylic acids is 2. The van der Waals surface area contributed by atoms with Crippen LogP contribution in [0, 0.1) is 0 Å². The van der Waals surface area contributed by atoms with Crippen LogP contribution in [0.4, 0.5) is 5.69 Å². The van der Waals surface area contributed by atoms with Gasteiger partial charge in [0.2, 0.25) is 5.91 Å². The average Bonchev–Trinajstić information content (AvgIpc) is 3.29. The Morgan fingerprint density at radius 2 is 2.07 bits per heavy atom. The van der Waals surface area contributed by atoms with Crippen molar-refractivity contribution in [2.24, 2.45) is 0 Å². The van der Waals surface area contributed by atoms with Crippen LogP contribution in [-0.4, -0.2) is 34.3 Å². The molecule has 0 bridgehead atoms. The van der Waals surface area contributed by atoms with Crippen molar-refractivity contribution >= 4 is 29.3 Å². The highest BCUT2D eigenvalue weighted by atomic mass is 32.2. The zero-order valence-corrected chi connectivity index (χ0v) is 15.7. The lowest BCUT2D eigenvalue weighted by Crippen LogP contribution is -2.30. The minimum atomic E-state index is -0.424. The van der Waals surface area contributed by atoms with Crippen LogP contribution in [0.25, 0.3) is 0 Å². The molecule has 2 aromatic rings. The number of nitrogens with one attached hydrogen (secondary N) is 1. The van der Waals surface area contributed by atoms with Gasteiger partial charge < -0.3 is 10.1 Å². The van der Waals surface area contributed by atoms with Crippen LogP contribution in [0.1, 0.15) is 40.5 Å². The quantitative estimate of drug-likeness (QED) is 0.641. The summed E-state index contributed by atoms with van der Waals surface area (Å²) in [6.45, 7) is 0. The number of amides is 1. The third kappa shape index (κ3) is 3.37. The summed E-state index contributed by atoms with van der Waals surface area (Å²) in [5, 5.41) is 3.54. The van der Waals surface area contributed by atoms with Crippen LogP contribution in [0.15, 0.2) is 34.2 Å². The highest BCUT2D eigenvalue weighted by molar-refractivity contribution is 7.99. The topological polar surface area (TPSA) is 90.3 Å². The first-order valence-electron chi connectivity index (χ1n) is 8.82. The maximum Gasteiger partial charge on any atom is 0.337 e. The summed E-state index contributed by atoms with van der Waals surface area (Å²) in [5.74, 6) is 0.0679. The number of benzene rings is 1. The predicted octanol–water partition coefficient (Wildman–Crippen LogP) is 2.19. The van der Waals surface area contributed by atoms with Crippen molar-refractivity contribution in [1.82, 2.24) is 9.55 Å². The van der Waals surface area contributed by atoms with Gasteiger partial charge in [0.05, 0.1) is 24.4 Å². The van der Waals surface area contributed by atoms with Crippen molar-refractivity contribution in [2.75, 3.05) is 18.2 Å². The number of rotatable bonds is 4. The lowest BCUT2D eigenvalue weighted by atomic mass is 10.1. The molecule has 0 saturated carbocycles. The number of methoxy groups -OCH3 is 1. The monoisotopic (exact) mass is 385 g/mol. The first kappa shape index (κ1) is 17.8. The molecule has 2 aliphatic rings. The molecule has 140 valence electrons. The predicted molar refractivity (Wildman–Crippen MR) is 101 cm³/mol. The normalized spacial score (nSPS) is 17.3. The van der Waals surface area contributed by atoms with E-state index in [4.69, 9.17) is 0 Å². The summed E-state index contributed by atoms with van der Waals surface area (Å²) in [4.78, 5) is 41.3. The molecule has 0 radical (unpaired) electrons. The average molecular weight is 385 g/mol. The minimum Gasteiger partial charge on any atom is -0.465 e. The van der Waals surface area contributed by atoms with E-state index in [-0.39, 0.29) is 23.9 Å². The third-order valence-electron chi connectivity index (χ3n) is 4.88.